The molecule has 0 aromatic heterocycles. The van der Waals surface area contributed by atoms with Crippen LogP contribution in [0.3, 0.4) is 0 Å². The van der Waals surface area contributed by atoms with Gasteiger partial charge in [0.2, 0.25) is 0 Å². The first kappa shape index (κ1) is 17.0. The first-order chi connectivity index (χ1) is 11.5. The molecule has 1 aromatic rings. The summed E-state index contributed by atoms with van der Waals surface area (Å²) in [5, 5.41) is 9.37. The van der Waals surface area contributed by atoms with Crippen LogP contribution in [-0.4, -0.2) is 42.5 Å². The molecule has 0 aliphatic carbocycles. The molecule has 0 spiro atoms. The molecule has 1 aromatic carbocycles. The van der Waals surface area contributed by atoms with E-state index in [-0.39, 0.29) is 24.1 Å². The van der Waals surface area contributed by atoms with Crippen LogP contribution < -0.4 is 16.0 Å². The minimum Gasteiger partial charge on any atom is -0.381 e. The number of rotatable bonds is 4. The highest BCUT2D eigenvalue weighted by Crippen LogP contribution is 2.19. The Bertz CT molecular complexity index is 603. The van der Waals surface area contributed by atoms with Gasteiger partial charge in [-0.2, -0.15) is 0 Å². The normalized spacial score (nSPS) is 21.3. The molecule has 130 valence electrons. The maximum atomic E-state index is 12.3. The van der Waals surface area contributed by atoms with Gasteiger partial charge >= 0.3 is 12.1 Å². The van der Waals surface area contributed by atoms with Crippen LogP contribution in [0.4, 0.5) is 9.59 Å². The van der Waals surface area contributed by atoms with Crippen molar-refractivity contribution >= 4 is 23.7 Å². The first-order valence-corrected chi connectivity index (χ1v) is 8.42. The van der Waals surface area contributed by atoms with Gasteiger partial charge in [0.05, 0.1) is 0 Å². The molecule has 3 N–H and O–H groups in total. The van der Waals surface area contributed by atoms with E-state index in [4.69, 9.17) is 16.3 Å². The lowest BCUT2D eigenvalue weighted by molar-refractivity contribution is 0.0492. The molecule has 2 aliphatic rings. The molecule has 2 saturated heterocycles. The average molecular weight is 353 g/mol. The third-order valence-electron chi connectivity index (χ3n) is 4.29. The second-order valence-electron chi connectivity index (χ2n) is 5.99. The van der Waals surface area contributed by atoms with Gasteiger partial charge in [0.1, 0.15) is 0 Å². The smallest absolute Gasteiger partial charge is 0.328 e. The highest BCUT2D eigenvalue weighted by atomic mass is 35.5. The van der Waals surface area contributed by atoms with Crippen LogP contribution in [0.2, 0.25) is 5.02 Å². The monoisotopic (exact) mass is 352 g/mol. The summed E-state index contributed by atoms with van der Waals surface area (Å²) < 4.78 is 5.28. The average Bonchev–Trinajstić information content (AvgIpc) is 2.55. The van der Waals surface area contributed by atoms with Gasteiger partial charge in [-0.3, -0.25) is 5.32 Å². The number of urea groups is 2. The van der Waals surface area contributed by atoms with E-state index in [0.717, 1.165) is 5.56 Å². The predicted octanol–water partition coefficient (Wildman–Crippen LogP) is 2.19. The number of imide groups is 1. The molecule has 0 radical (unpaired) electrons. The zero-order valence-electron chi connectivity index (χ0n) is 13.4. The summed E-state index contributed by atoms with van der Waals surface area (Å²) in [4.78, 5) is 25.9. The lowest BCUT2D eigenvalue weighted by atomic mass is 10.1. The zero-order chi connectivity index (χ0) is 17.1. The van der Waals surface area contributed by atoms with Crippen LogP contribution in [0, 0.1) is 0 Å². The van der Waals surface area contributed by atoms with Crippen molar-refractivity contribution < 1.29 is 14.3 Å². The Morgan fingerprint density at radius 3 is 2.54 bits per heavy atom. The molecule has 0 bridgehead atoms. The highest BCUT2D eigenvalue weighted by molar-refractivity contribution is 6.30. The molecule has 1 atom stereocenters. The van der Waals surface area contributed by atoms with E-state index in [1.807, 2.05) is 25.1 Å². The number of carbonyl (C=O) groups is 2. The Morgan fingerprint density at radius 1 is 1.25 bits per heavy atom. The molecular formula is C16H21ClN4O3. The number of carbonyl (C=O) groups excluding carboxylic acids is 2. The quantitative estimate of drug-likeness (QED) is 0.775. The van der Waals surface area contributed by atoms with E-state index < -0.39 is 6.29 Å². The predicted molar refractivity (Wildman–Crippen MR) is 89.5 cm³/mol. The van der Waals surface area contributed by atoms with Crippen LogP contribution in [0.15, 0.2) is 24.3 Å². The standard InChI is InChI=1S/C16H21ClN4O3/c1-10(11-3-2-4-12(17)9-11)18-14-19-15(22)21(16(23)20-14)13-5-7-24-8-6-13/h2-4,9-10,13-14,18H,5-8H2,1H3,(H,19,22)(H,20,23)/t10-/m0/s1. The largest absolute Gasteiger partial charge is 0.381 e. The minimum atomic E-state index is -0.630. The fourth-order valence-corrected chi connectivity index (χ4v) is 3.19. The van der Waals surface area contributed by atoms with Gasteiger partial charge in [-0.05, 0) is 37.5 Å². The van der Waals surface area contributed by atoms with Crippen molar-refractivity contribution in [2.45, 2.75) is 38.1 Å². The summed E-state index contributed by atoms with van der Waals surface area (Å²) in [6, 6.07) is 6.45. The molecule has 2 aliphatic heterocycles. The molecule has 24 heavy (non-hydrogen) atoms. The van der Waals surface area contributed by atoms with Gasteiger partial charge in [-0.15, -0.1) is 0 Å². The number of hydrogen-bond donors (Lipinski definition) is 3. The number of halogens is 1. The topological polar surface area (TPSA) is 82.7 Å². The second-order valence-corrected chi connectivity index (χ2v) is 6.43. The van der Waals surface area contributed by atoms with Gasteiger partial charge in [0.25, 0.3) is 0 Å². The second kappa shape index (κ2) is 7.38. The maximum Gasteiger partial charge on any atom is 0.328 e. The Morgan fingerprint density at radius 2 is 1.92 bits per heavy atom. The van der Waals surface area contributed by atoms with E-state index in [9.17, 15) is 9.59 Å². The van der Waals surface area contributed by atoms with E-state index in [1.54, 1.807) is 6.07 Å². The maximum absolute atomic E-state index is 12.3. The molecule has 8 heteroatoms. The fourth-order valence-electron chi connectivity index (χ4n) is 2.99. The molecule has 2 heterocycles. The summed E-state index contributed by atoms with van der Waals surface area (Å²) in [6.45, 7) is 3.07. The van der Waals surface area contributed by atoms with Crippen molar-refractivity contribution in [3.63, 3.8) is 0 Å². The molecule has 4 amide bonds. The van der Waals surface area contributed by atoms with Gasteiger partial charge in [0.15, 0.2) is 6.29 Å². The molecule has 2 fully saturated rings. The number of amides is 4. The van der Waals surface area contributed by atoms with E-state index in [2.05, 4.69) is 16.0 Å². The molecule has 0 saturated carbocycles. The fraction of sp³-hybridized carbons (Fsp3) is 0.500. The molecule has 0 unspecified atom stereocenters. The van der Waals surface area contributed by atoms with Crippen LogP contribution in [0.5, 0.6) is 0 Å². The minimum absolute atomic E-state index is 0.0936. The zero-order valence-corrected chi connectivity index (χ0v) is 14.2. The number of ether oxygens (including phenoxy) is 1. The van der Waals surface area contributed by atoms with E-state index in [0.29, 0.717) is 31.1 Å². The first-order valence-electron chi connectivity index (χ1n) is 8.04. The third kappa shape index (κ3) is 3.80. The number of nitrogens with one attached hydrogen (secondary N) is 3. The van der Waals surface area contributed by atoms with Gasteiger partial charge in [-0.1, -0.05) is 23.7 Å². The SMILES string of the molecule is C[C@H](NC1NC(=O)N(C2CCOCC2)C(=O)N1)c1cccc(Cl)c1. The van der Waals surface area contributed by atoms with Gasteiger partial charge in [0, 0.05) is 30.3 Å². The Labute approximate surface area is 145 Å². The highest BCUT2D eigenvalue weighted by Gasteiger charge is 2.37. The van der Waals surface area contributed by atoms with Gasteiger partial charge in [-0.25, -0.2) is 14.5 Å². The number of benzene rings is 1. The summed E-state index contributed by atoms with van der Waals surface area (Å²) >= 11 is 6.00. The van der Waals surface area contributed by atoms with Gasteiger partial charge < -0.3 is 15.4 Å². The van der Waals surface area contributed by atoms with Crippen LogP contribution in [0.1, 0.15) is 31.4 Å². The molecule has 7 nitrogen and oxygen atoms in total. The Kier molecular flexibility index (Phi) is 5.23. The van der Waals surface area contributed by atoms with E-state index >= 15 is 0 Å². The van der Waals surface area contributed by atoms with Crippen molar-refractivity contribution in [2.75, 3.05) is 13.2 Å². The van der Waals surface area contributed by atoms with E-state index in [1.165, 1.54) is 4.90 Å². The molecular weight excluding hydrogens is 332 g/mol. The summed E-state index contributed by atoms with van der Waals surface area (Å²) in [7, 11) is 0. The number of hydrogen-bond acceptors (Lipinski definition) is 4. The van der Waals surface area contributed by atoms with Crippen LogP contribution in [-0.2, 0) is 4.74 Å². The van der Waals surface area contributed by atoms with Crippen molar-refractivity contribution in [3.8, 4) is 0 Å². The lowest BCUT2D eigenvalue weighted by Gasteiger charge is -2.39. The van der Waals surface area contributed by atoms with Crippen molar-refractivity contribution in [2.24, 2.45) is 0 Å². The molecule has 3 rings (SSSR count). The Balaban J connectivity index is 1.61. The lowest BCUT2D eigenvalue weighted by Crippen LogP contribution is -2.70. The van der Waals surface area contributed by atoms with Crippen molar-refractivity contribution in [1.29, 1.82) is 0 Å². The summed E-state index contributed by atoms with van der Waals surface area (Å²) in [5.41, 5.74) is 0.970. The summed E-state index contributed by atoms with van der Waals surface area (Å²) in [6.07, 6.45) is 0.700. The number of nitrogens with zero attached hydrogens (tertiary/aromatic N) is 1. The van der Waals surface area contributed by atoms with Crippen LogP contribution in [0.25, 0.3) is 0 Å². The Hall–Kier alpha value is -1.83. The summed E-state index contributed by atoms with van der Waals surface area (Å²) in [5.74, 6) is 0. The third-order valence-corrected chi connectivity index (χ3v) is 4.53. The van der Waals surface area contributed by atoms with Crippen molar-refractivity contribution in [3.05, 3.63) is 34.9 Å². The van der Waals surface area contributed by atoms with Crippen molar-refractivity contribution in [1.82, 2.24) is 20.9 Å². The van der Waals surface area contributed by atoms with Crippen LogP contribution >= 0.6 is 11.6 Å².